The summed E-state index contributed by atoms with van der Waals surface area (Å²) in [5.74, 6) is 2.72. The lowest BCUT2D eigenvalue weighted by Gasteiger charge is -2.24. The van der Waals surface area contributed by atoms with Crippen molar-refractivity contribution in [1.82, 2.24) is 10.6 Å². The fourth-order valence-corrected chi connectivity index (χ4v) is 4.19. The van der Waals surface area contributed by atoms with Crippen LogP contribution >= 0.6 is 0 Å². The third kappa shape index (κ3) is 15.4. The Balaban J connectivity index is 1.70. The molecule has 0 radical (unpaired) electrons. The first-order valence-electron chi connectivity index (χ1n) is 14.0. The Morgan fingerprint density at radius 2 is 1.85 bits per heavy atom. The SMILES string of the molecule is C#CCOCCOCCO[C@@H](CC[C@H](C[C@H](O)CCNC(=O)C1=CC(Oc2ccccc2)CC=C1)NC(C)=O)OC. The number of para-hydroxylation sites is 1. The third-order valence-corrected chi connectivity index (χ3v) is 6.15. The highest BCUT2D eigenvalue weighted by Gasteiger charge is 2.20. The minimum atomic E-state index is -0.718. The van der Waals surface area contributed by atoms with Crippen molar-refractivity contribution in [2.45, 2.75) is 63.6 Å². The molecule has 0 saturated heterocycles. The lowest BCUT2D eigenvalue weighted by Crippen LogP contribution is -2.38. The second kappa shape index (κ2) is 20.6. The van der Waals surface area contributed by atoms with Crippen molar-refractivity contribution in [1.29, 1.82) is 0 Å². The average Bonchev–Trinajstić information content (AvgIpc) is 2.96. The predicted octanol–water partition coefficient (Wildman–Crippen LogP) is 2.52. The Bertz CT molecular complexity index is 992. The number of hydrogen-bond acceptors (Lipinski definition) is 8. The third-order valence-electron chi connectivity index (χ3n) is 6.15. The summed E-state index contributed by atoms with van der Waals surface area (Å²) in [4.78, 5) is 24.4. The summed E-state index contributed by atoms with van der Waals surface area (Å²) in [6.07, 6.45) is 11.6. The van der Waals surface area contributed by atoms with Gasteiger partial charge in [0, 0.05) is 45.0 Å². The van der Waals surface area contributed by atoms with Crippen molar-refractivity contribution >= 4 is 11.8 Å². The van der Waals surface area contributed by atoms with Gasteiger partial charge in [-0.05, 0) is 37.5 Å². The summed E-state index contributed by atoms with van der Waals surface area (Å²) >= 11 is 0. The van der Waals surface area contributed by atoms with Crippen LogP contribution < -0.4 is 15.4 Å². The minimum absolute atomic E-state index is 0.186. The molecular formula is C31H44N2O8. The molecule has 0 heterocycles. The lowest BCUT2D eigenvalue weighted by atomic mass is 10.0. The first-order valence-corrected chi connectivity index (χ1v) is 14.0. The molecule has 41 heavy (non-hydrogen) atoms. The zero-order valence-electron chi connectivity index (χ0n) is 24.1. The molecule has 1 aliphatic rings. The Labute approximate surface area is 243 Å². The van der Waals surface area contributed by atoms with Gasteiger partial charge in [0.15, 0.2) is 6.29 Å². The number of ether oxygens (including phenoxy) is 5. The summed E-state index contributed by atoms with van der Waals surface area (Å²) in [6, 6.07) is 9.20. The van der Waals surface area contributed by atoms with Crippen LogP contribution in [0.25, 0.3) is 0 Å². The van der Waals surface area contributed by atoms with Gasteiger partial charge in [-0.1, -0.05) is 36.3 Å². The number of hydrogen-bond donors (Lipinski definition) is 3. The van der Waals surface area contributed by atoms with Crippen molar-refractivity contribution in [2.75, 3.05) is 46.7 Å². The van der Waals surface area contributed by atoms with E-state index in [1.54, 1.807) is 13.2 Å². The van der Waals surface area contributed by atoms with Gasteiger partial charge >= 0.3 is 0 Å². The average molecular weight is 573 g/mol. The molecule has 0 aliphatic heterocycles. The largest absolute Gasteiger partial charge is 0.486 e. The number of amides is 2. The Morgan fingerprint density at radius 1 is 1.10 bits per heavy atom. The van der Waals surface area contributed by atoms with E-state index in [1.165, 1.54) is 6.92 Å². The van der Waals surface area contributed by atoms with Crippen LogP contribution in [0.3, 0.4) is 0 Å². The van der Waals surface area contributed by atoms with E-state index < -0.39 is 12.4 Å². The summed E-state index contributed by atoms with van der Waals surface area (Å²) in [7, 11) is 1.55. The van der Waals surface area contributed by atoms with Crippen LogP contribution in [0.15, 0.2) is 54.1 Å². The van der Waals surface area contributed by atoms with Gasteiger partial charge < -0.3 is 39.4 Å². The number of aliphatic hydroxyl groups is 1. The second-order valence-corrected chi connectivity index (χ2v) is 9.54. The topological polar surface area (TPSA) is 125 Å². The highest BCUT2D eigenvalue weighted by Crippen LogP contribution is 2.18. The molecule has 1 aliphatic carbocycles. The molecule has 4 atom stereocenters. The number of rotatable bonds is 21. The molecule has 0 aromatic heterocycles. The molecule has 2 amide bonds. The summed E-state index contributed by atoms with van der Waals surface area (Å²) < 4.78 is 27.6. The van der Waals surface area contributed by atoms with E-state index in [0.29, 0.717) is 70.6 Å². The molecule has 0 saturated carbocycles. The van der Waals surface area contributed by atoms with E-state index in [-0.39, 0.29) is 30.6 Å². The quantitative estimate of drug-likeness (QED) is 0.117. The molecule has 0 fully saturated rings. The highest BCUT2D eigenvalue weighted by atomic mass is 16.7. The predicted molar refractivity (Wildman–Crippen MR) is 155 cm³/mol. The standard InChI is InChI=1S/C31H44N2O8/c1-4-17-38-18-19-39-20-21-40-30(37-3)14-13-26(33-24(2)34)23-27(35)15-16-32-31(36)25-9-8-12-29(22-25)41-28-10-6-5-7-11-28/h1,5-11,22,26-27,29-30,35H,12-21,23H2,2-3H3,(H,32,36)(H,33,34)/t26-,27-,29?,30+/m1/s1. The van der Waals surface area contributed by atoms with Gasteiger partial charge in [0.2, 0.25) is 5.91 Å². The zero-order chi connectivity index (χ0) is 29.7. The van der Waals surface area contributed by atoms with E-state index in [1.807, 2.05) is 42.5 Å². The van der Waals surface area contributed by atoms with Crippen LogP contribution in [0.2, 0.25) is 0 Å². The molecule has 226 valence electrons. The monoisotopic (exact) mass is 572 g/mol. The molecule has 0 bridgehead atoms. The number of nitrogens with one attached hydrogen (secondary N) is 2. The maximum Gasteiger partial charge on any atom is 0.251 e. The van der Waals surface area contributed by atoms with Gasteiger partial charge in [-0.2, -0.15) is 0 Å². The van der Waals surface area contributed by atoms with E-state index in [2.05, 4.69) is 16.6 Å². The lowest BCUT2D eigenvalue weighted by molar-refractivity contribution is -0.140. The second-order valence-electron chi connectivity index (χ2n) is 9.54. The maximum atomic E-state index is 12.7. The van der Waals surface area contributed by atoms with E-state index in [0.717, 1.165) is 5.75 Å². The van der Waals surface area contributed by atoms with Crippen LogP contribution in [0, 0.1) is 12.3 Å². The fraction of sp³-hybridized carbons (Fsp3) is 0.548. The fourth-order valence-electron chi connectivity index (χ4n) is 4.19. The number of terminal acetylenes is 1. The van der Waals surface area contributed by atoms with Gasteiger partial charge in [-0.3, -0.25) is 9.59 Å². The van der Waals surface area contributed by atoms with Crippen molar-refractivity contribution in [3.8, 4) is 18.1 Å². The molecular weight excluding hydrogens is 528 g/mol. The van der Waals surface area contributed by atoms with Crippen molar-refractivity contribution in [3.63, 3.8) is 0 Å². The molecule has 0 spiro atoms. The highest BCUT2D eigenvalue weighted by molar-refractivity contribution is 5.96. The first kappa shape index (κ1) is 34.0. The number of benzene rings is 1. The summed E-state index contributed by atoms with van der Waals surface area (Å²) in [6.45, 7) is 3.54. The van der Waals surface area contributed by atoms with Crippen molar-refractivity contribution < 1.29 is 38.4 Å². The smallest absolute Gasteiger partial charge is 0.251 e. The molecule has 10 heteroatoms. The molecule has 1 unspecified atom stereocenters. The molecule has 2 rings (SSSR count). The van der Waals surface area contributed by atoms with Crippen LogP contribution in [0.1, 0.15) is 39.0 Å². The van der Waals surface area contributed by atoms with Crippen molar-refractivity contribution in [2.24, 2.45) is 0 Å². The number of methoxy groups -OCH3 is 1. The molecule has 1 aromatic rings. The number of carbonyl (C=O) groups is 2. The number of aliphatic hydroxyl groups excluding tert-OH is 1. The van der Waals surface area contributed by atoms with E-state index in [4.69, 9.17) is 30.1 Å². The first-order chi connectivity index (χ1) is 19.9. The van der Waals surface area contributed by atoms with Gasteiger partial charge in [0.05, 0.1) is 32.5 Å². The van der Waals surface area contributed by atoms with Gasteiger partial charge in [-0.15, -0.1) is 6.42 Å². The summed E-state index contributed by atoms with van der Waals surface area (Å²) in [5.41, 5.74) is 0.524. The Hall–Kier alpha value is -3.20. The molecule has 3 N–H and O–H groups in total. The number of carbonyl (C=O) groups excluding carboxylic acids is 2. The minimum Gasteiger partial charge on any atom is -0.486 e. The van der Waals surface area contributed by atoms with E-state index in [9.17, 15) is 14.7 Å². The van der Waals surface area contributed by atoms with Crippen LogP contribution in [-0.2, 0) is 28.5 Å². The van der Waals surface area contributed by atoms with Crippen molar-refractivity contribution in [3.05, 3.63) is 54.1 Å². The molecule has 1 aromatic carbocycles. The maximum absolute atomic E-state index is 12.7. The summed E-state index contributed by atoms with van der Waals surface area (Å²) in [5, 5.41) is 16.4. The van der Waals surface area contributed by atoms with Crippen LogP contribution in [0.4, 0.5) is 0 Å². The Morgan fingerprint density at radius 3 is 2.59 bits per heavy atom. The Kier molecular flexibility index (Phi) is 17.1. The van der Waals surface area contributed by atoms with Gasteiger partial charge in [-0.25, -0.2) is 0 Å². The van der Waals surface area contributed by atoms with Gasteiger partial charge in [0.1, 0.15) is 18.5 Å². The van der Waals surface area contributed by atoms with Crippen LogP contribution in [-0.4, -0.2) is 88.1 Å². The zero-order valence-corrected chi connectivity index (χ0v) is 24.1. The van der Waals surface area contributed by atoms with Crippen LogP contribution in [0.5, 0.6) is 5.75 Å². The normalized spacial score (nSPS) is 16.6. The van der Waals surface area contributed by atoms with E-state index >= 15 is 0 Å². The van der Waals surface area contributed by atoms with Gasteiger partial charge in [0.25, 0.3) is 5.91 Å². The molecule has 10 nitrogen and oxygen atoms in total.